The van der Waals surface area contributed by atoms with Gasteiger partial charge in [0, 0.05) is 16.3 Å². The molecule has 0 bridgehead atoms. The van der Waals surface area contributed by atoms with Crippen LogP contribution in [0.3, 0.4) is 0 Å². The maximum absolute atomic E-state index is 13.7. The van der Waals surface area contributed by atoms with Crippen LogP contribution >= 0.6 is 11.6 Å². The molecule has 1 aliphatic rings. The molecule has 5 nitrogen and oxygen atoms in total. The number of hydrogen-bond donors (Lipinski definition) is 1. The Morgan fingerprint density at radius 1 is 1.03 bits per heavy atom. The molecule has 7 heteroatoms. The predicted molar refractivity (Wildman–Crippen MR) is 125 cm³/mol. The number of hydrogen-bond acceptors (Lipinski definition) is 4. The van der Waals surface area contributed by atoms with Crippen molar-refractivity contribution < 1.29 is 23.8 Å². The molecule has 1 amide bonds. The summed E-state index contributed by atoms with van der Waals surface area (Å²) in [5.74, 6) is -1.78. The van der Waals surface area contributed by atoms with Crippen LogP contribution in [0, 0.1) is 19.7 Å². The molecule has 1 aliphatic heterocycles. The molecule has 0 spiro atoms. The van der Waals surface area contributed by atoms with Crippen LogP contribution in [-0.2, 0) is 9.59 Å². The van der Waals surface area contributed by atoms with E-state index >= 15 is 0 Å². The summed E-state index contributed by atoms with van der Waals surface area (Å²) in [5.41, 5.74) is 2.61. The Morgan fingerprint density at radius 3 is 2.36 bits per heavy atom. The van der Waals surface area contributed by atoms with Crippen molar-refractivity contribution in [2.24, 2.45) is 0 Å². The van der Waals surface area contributed by atoms with Gasteiger partial charge in [0.1, 0.15) is 17.3 Å². The summed E-state index contributed by atoms with van der Waals surface area (Å²) in [6, 6.07) is 14.5. The van der Waals surface area contributed by atoms with Gasteiger partial charge in [-0.25, -0.2) is 4.39 Å². The fraction of sp³-hybridized carbons (Fsp3) is 0.154. The maximum atomic E-state index is 13.7. The maximum Gasteiger partial charge on any atom is 0.300 e. The molecule has 1 unspecified atom stereocenters. The molecule has 0 saturated carbocycles. The zero-order valence-corrected chi connectivity index (χ0v) is 19.0. The third-order valence-electron chi connectivity index (χ3n) is 5.71. The zero-order chi connectivity index (χ0) is 23.9. The molecule has 0 aliphatic carbocycles. The summed E-state index contributed by atoms with van der Waals surface area (Å²) in [5, 5.41) is 11.7. The number of halogens is 2. The number of nitrogens with zero attached hydrogens (tertiary/aromatic N) is 1. The van der Waals surface area contributed by atoms with E-state index < -0.39 is 23.5 Å². The molecule has 3 aromatic carbocycles. The van der Waals surface area contributed by atoms with Crippen molar-refractivity contribution in [3.05, 3.63) is 99.3 Å². The highest BCUT2D eigenvalue weighted by atomic mass is 35.5. The lowest BCUT2D eigenvalue weighted by atomic mass is 9.93. The standard InChI is InChI=1S/C26H21ClFNO4/c1-14-12-21(33-3)15(2)11-20(14)24(30)22-23(16-7-9-18(28)10-8-16)29(26(32)25(22)31)19-6-4-5-17(27)13-19/h4-13,23,30H,1-3H3/b24-22+. The number of ketones is 1. The number of benzene rings is 3. The fourth-order valence-corrected chi connectivity index (χ4v) is 4.28. The molecule has 3 aromatic rings. The average molecular weight is 466 g/mol. The van der Waals surface area contributed by atoms with Crippen LogP contribution in [0.1, 0.15) is 28.3 Å². The van der Waals surface area contributed by atoms with Gasteiger partial charge in [0.15, 0.2) is 0 Å². The van der Waals surface area contributed by atoms with Crippen LogP contribution in [0.15, 0.2) is 66.2 Å². The highest BCUT2D eigenvalue weighted by Gasteiger charge is 2.47. The van der Waals surface area contributed by atoms with E-state index in [1.807, 2.05) is 6.92 Å². The first-order valence-corrected chi connectivity index (χ1v) is 10.6. The fourth-order valence-electron chi connectivity index (χ4n) is 4.10. The van der Waals surface area contributed by atoms with Crippen LogP contribution in [0.4, 0.5) is 10.1 Å². The van der Waals surface area contributed by atoms with Gasteiger partial charge in [-0.3, -0.25) is 14.5 Å². The number of carbonyl (C=O) groups excluding carboxylic acids is 2. The molecule has 1 fully saturated rings. The number of aryl methyl sites for hydroxylation is 2. The molecule has 1 N–H and O–H groups in total. The SMILES string of the molecule is COc1cc(C)c(/C(O)=C2\C(=O)C(=O)N(c3cccc(Cl)c3)C2c2ccc(F)cc2)cc1C. The first-order valence-electron chi connectivity index (χ1n) is 10.2. The Hall–Kier alpha value is -3.64. The highest BCUT2D eigenvalue weighted by molar-refractivity contribution is 6.51. The van der Waals surface area contributed by atoms with E-state index in [1.54, 1.807) is 50.4 Å². The number of methoxy groups -OCH3 is 1. The van der Waals surface area contributed by atoms with E-state index in [-0.39, 0.29) is 11.3 Å². The Kier molecular flexibility index (Phi) is 5.95. The number of aliphatic hydroxyl groups excluding tert-OH is 1. The Bertz CT molecular complexity index is 1300. The van der Waals surface area contributed by atoms with Crippen LogP contribution in [0.2, 0.25) is 5.02 Å². The summed E-state index contributed by atoms with van der Waals surface area (Å²) in [7, 11) is 1.55. The largest absolute Gasteiger partial charge is 0.507 e. The van der Waals surface area contributed by atoms with Crippen molar-refractivity contribution in [1.82, 2.24) is 0 Å². The topological polar surface area (TPSA) is 66.8 Å². The minimum atomic E-state index is -0.967. The first kappa shape index (κ1) is 22.6. The Morgan fingerprint density at radius 2 is 1.73 bits per heavy atom. The number of Topliss-reactive ketones (excluding diaryl/α,β-unsaturated/α-hetero) is 1. The smallest absolute Gasteiger partial charge is 0.300 e. The molecule has 0 radical (unpaired) electrons. The van der Waals surface area contributed by atoms with Gasteiger partial charge in [-0.15, -0.1) is 0 Å². The molecular weight excluding hydrogens is 445 g/mol. The van der Waals surface area contributed by atoms with E-state index in [9.17, 15) is 19.1 Å². The number of ether oxygens (including phenoxy) is 1. The molecule has 1 heterocycles. The van der Waals surface area contributed by atoms with Crippen LogP contribution in [0.25, 0.3) is 5.76 Å². The second-order valence-electron chi connectivity index (χ2n) is 7.84. The van der Waals surface area contributed by atoms with Crippen molar-refractivity contribution in [2.45, 2.75) is 19.9 Å². The normalized spacial score (nSPS) is 17.5. The van der Waals surface area contributed by atoms with Crippen LogP contribution < -0.4 is 9.64 Å². The Balaban J connectivity index is 1.98. The van der Waals surface area contributed by atoms with Crippen molar-refractivity contribution >= 4 is 34.7 Å². The van der Waals surface area contributed by atoms with E-state index in [0.29, 0.717) is 33.1 Å². The van der Waals surface area contributed by atoms with Crippen LogP contribution in [0.5, 0.6) is 5.75 Å². The molecular formula is C26H21ClFNO4. The molecule has 0 aromatic heterocycles. The van der Waals surface area contributed by atoms with Crippen molar-refractivity contribution in [2.75, 3.05) is 12.0 Å². The predicted octanol–water partition coefficient (Wildman–Crippen LogP) is 5.73. The van der Waals surface area contributed by atoms with Gasteiger partial charge in [-0.2, -0.15) is 0 Å². The first-order chi connectivity index (χ1) is 15.7. The number of aliphatic hydroxyl groups is 1. The molecule has 1 atom stereocenters. The van der Waals surface area contributed by atoms with Gasteiger partial charge >= 0.3 is 0 Å². The minimum Gasteiger partial charge on any atom is -0.507 e. The molecule has 168 valence electrons. The number of anilines is 1. The van der Waals surface area contributed by atoms with Gasteiger partial charge in [-0.05, 0) is 73.0 Å². The van der Waals surface area contributed by atoms with E-state index in [4.69, 9.17) is 16.3 Å². The van der Waals surface area contributed by atoms with Crippen molar-refractivity contribution in [3.8, 4) is 5.75 Å². The van der Waals surface area contributed by atoms with Crippen LogP contribution in [-0.4, -0.2) is 23.9 Å². The van der Waals surface area contributed by atoms with Gasteiger partial charge in [0.05, 0.1) is 18.7 Å². The molecule has 4 rings (SSSR count). The molecule has 33 heavy (non-hydrogen) atoms. The average Bonchev–Trinajstić information content (AvgIpc) is 3.05. The van der Waals surface area contributed by atoms with Gasteiger partial charge < -0.3 is 9.84 Å². The van der Waals surface area contributed by atoms with E-state index in [0.717, 1.165) is 5.56 Å². The summed E-state index contributed by atoms with van der Waals surface area (Å²) in [4.78, 5) is 27.7. The monoisotopic (exact) mass is 465 g/mol. The van der Waals surface area contributed by atoms with Crippen molar-refractivity contribution in [1.29, 1.82) is 0 Å². The quantitative estimate of drug-likeness (QED) is 0.303. The third-order valence-corrected chi connectivity index (χ3v) is 5.95. The Labute approximate surface area is 195 Å². The number of carbonyl (C=O) groups is 2. The number of rotatable bonds is 4. The van der Waals surface area contributed by atoms with E-state index in [2.05, 4.69) is 0 Å². The van der Waals surface area contributed by atoms with Crippen molar-refractivity contribution in [3.63, 3.8) is 0 Å². The molecule has 1 saturated heterocycles. The third kappa shape index (κ3) is 3.98. The van der Waals surface area contributed by atoms with Gasteiger partial charge in [0.25, 0.3) is 11.7 Å². The van der Waals surface area contributed by atoms with Gasteiger partial charge in [-0.1, -0.05) is 29.8 Å². The second-order valence-corrected chi connectivity index (χ2v) is 8.27. The number of amides is 1. The lowest BCUT2D eigenvalue weighted by Gasteiger charge is -2.25. The minimum absolute atomic E-state index is 0.0840. The summed E-state index contributed by atoms with van der Waals surface area (Å²) in [6.45, 7) is 3.59. The lowest BCUT2D eigenvalue weighted by Crippen LogP contribution is -2.29. The summed E-state index contributed by atoms with van der Waals surface area (Å²) < 4.78 is 19.0. The second kappa shape index (κ2) is 8.71. The highest BCUT2D eigenvalue weighted by Crippen LogP contribution is 2.43. The summed E-state index contributed by atoms with van der Waals surface area (Å²) in [6.07, 6.45) is 0. The zero-order valence-electron chi connectivity index (χ0n) is 18.2. The van der Waals surface area contributed by atoms with E-state index in [1.165, 1.54) is 29.2 Å². The van der Waals surface area contributed by atoms with Gasteiger partial charge in [0.2, 0.25) is 0 Å². The lowest BCUT2D eigenvalue weighted by molar-refractivity contribution is -0.132. The summed E-state index contributed by atoms with van der Waals surface area (Å²) >= 11 is 6.14.